The molecule has 0 radical (unpaired) electrons. The van der Waals surface area contributed by atoms with Crippen LogP contribution in [0.15, 0.2) is 42.7 Å². The summed E-state index contributed by atoms with van der Waals surface area (Å²) in [7, 11) is 0. The van der Waals surface area contributed by atoms with Crippen molar-refractivity contribution in [3.05, 3.63) is 54.0 Å². The quantitative estimate of drug-likeness (QED) is 0.745. The van der Waals surface area contributed by atoms with E-state index < -0.39 is 0 Å². The van der Waals surface area contributed by atoms with Crippen LogP contribution in [-0.4, -0.2) is 59.2 Å². The van der Waals surface area contributed by atoms with Crippen LogP contribution in [0.3, 0.4) is 0 Å². The third-order valence-electron chi connectivity index (χ3n) is 4.80. The van der Waals surface area contributed by atoms with E-state index in [0.717, 1.165) is 19.3 Å². The lowest BCUT2D eigenvalue weighted by Crippen LogP contribution is -2.42. The Morgan fingerprint density at radius 1 is 1.14 bits per heavy atom. The van der Waals surface area contributed by atoms with Crippen molar-refractivity contribution in [2.24, 2.45) is 0 Å². The Morgan fingerprint density at radius 3 is 2.55 bits per heavy atom. The third kappa shape index (κ3) is 6.17. The number of hydrogen-bond donors (Lipinski definition) is 2. The zero-order chi connectivity index (χ0) is 20.5. The predicted molar refractivity (Wildman–Crippen MR) is 110 cm³/mol. The first-order valence-electron chi connectivity index (χ1n) is 9.98. The topological polar surface area (TPSA) is 96.5 Å². The zero-order valence-corrected chi connectivity index (χ0v) is 16.6. The Kier molecular flexibility index (Phi) is 7.38. The van der Waals surface area contributed by atoms with Gasteiger partial charge in [-0.25, -0.2) is 14.8 Å². The summed E-state index contributed by atoms with van der Waals surface area (Å²) in [5.74, 6) is 0.392. The molecule has 1 aromatic carbocycles. The molecule has 1 aromatic heterocycles. The Balaban J connectivity index is 1.42. The number of ether oxygens (including phenoxy) is 1. The first-order valence-corrected chi connectivity index (χ1v) is 9.98. The van der Waals surface area contributed by atoms with E-state index in [1.165, 1.54) is 11.8 Å². The summed E-state index contributed by atoms with van der Waals surface area (Å²) >= 11 is 0. The molecule has 0 spiro atoms. The number of hydrogen-bond acceptors (Lipinski definition) is 6. The van der Waals surface area contributed by atoms with Crippen LogP contribution in [-0.2, 0) is 11.2 Å². The fourth-order valence-corrected chi connectivity index (χ4v) is 3.21. The van der Waals surface area contributed by atoms with Crippen LogP contribution >= 0.6 is 0 Å². The highest BCUT2D eigenvalue weighted by atomic mass is 16.6. The van der Waals surface area contributed by atoms with Crippen LogP contribution in [0.2, 0.25) is 0 Å². The lowest BCUT2D eigenvalue weighted by Gasteiger charge is -2.31. The highest BCUT2D eigenvalue weighted by molar-refractivity contribution is 5.92. The summed E-state index contributed by atoms with van der Waals surface area (Å²) in [6.07, 6.45) is 5.18. The van der Waals surface area contributed by atoms with E-state index in [1.54, 1.807) is 18.0 Å². The Labute approximate surface area is 170 Å². The second-order valence-electron chi connectivity index (χ2n) is 6.88. The molecular weight excluding hydrogens is 370 g/mol. The number of benzene rings is 1. The highest BCUT2D eigenvalue weighted by Gasteiger charge is 2.23. The van der Waals surface area contributed by atoms with Gasteiger partial charge in [0.15, 0.2) is 0 Å². The van der Waals surface area contributed by atoms with E-state index in [1.807, 2.05) is 30.3 Å². The molecule has 1 aliphatic heterocycles. The van der Waals surface area contributed by atoms with Gasteiger partial charge in [0, 0.05) is 25.7 Å². The molecule has 2 N–H and O–H groups in total. The number of piperidine rings is 1. The molecule has 1 fully saturated rings. The van der Waals surface area contributed by atoms with Crippen LogP contribution in [0.25, 0.3) is 0 Å². The van der Waals surface area contributed by atoms with E-state index in [9.17, 15) is 9.59 Å². The van der Waals surface area contributed by atoms with Gasteiger partial charge in [0.1, 0.15) is 11.5 Å². The minimum absolute atomic E-state index is 0.209. The average Bonchev–Trinajstić information content (AvgIpc) is 2.75. The number of nitrogens with one attached hydrogen (secondary N) is 2. The van der Waals surface area contributed by atoms with Crippen molar-refractivity contribution in [1.82, 2.24) is 20.2 Å². The van der Waals surface area contributed by atoms with Crippen molar-refractivity contribution in [2.75, 3.05) is 31.6 Å². The largest absolute Gasteiger partial charge is 0.450 e. The number of carbonyl (C=O) groups excluding carboxylic acids is 2. The van der Waals surface area contributed by atoms with Gasteiger partial charge in [-0.05, 0) is 31.7 Å². The molecule has 2 heterocycles. The van der Waals surface area contributed by atoms with Gasteiger partial charge in [-0.2, -0.15) is 0 Å². The number of likely N-dealkylation sites (tertiary alicyclic amines) is 1. The molecule has 2 amide bonds. The van der Waals surface area contributed by atoms with Crippen molar-refractivity contribution in [3.63, 3.8) is 0 Å². The molecule has 0 saturated carbocycles. The van der Waals surface area contributed by atoms with Gasteiger partial charge in [0.05, 0.1) is 19.0 Å². The van der Waals surface area contributed by atoms with E-state index in [0.29, 0.717) is 37.8 Å². The number of anilines is 1. The Bertz CT molecular complexity index is 790. The minimum Gasteiger partial charge on any atom is -0.450 e. The highest BCUT2D eigenvalue weighted by Crippen LogP contribution is 2.15. The van der Waals surface area contributed by atoms with Crippen LogP contribution in [0.5, 0.6) is 0 Å². The van der Waals surface area contributed by atoms with Gasteiger partial charge < -0.3 is 20.3 Å². The summed E-state index contributed by atoms with van der Waals surface area (Å²) in [4.78, 5) is 34.2. The van der Waals surface area contributed by atoms with Crippen LogP contribution < -0.4 is 10.6 Å². The van der Waals surface area contributed by atoms with Crippen LogP contribution in [0, 0.1) is 0 Å². The van der Waals surface area contributed by atoms with Gasteiger partial charge in [0.2, 0.25) is 0 Å². The fourth-order valence-electron chi connectivity index (χ4n) is 3.21. The van der Waals surface area contributed by atoms with Gasteiger partial charge >= 0.3 is 6.09 Å². The van der Waals surface area contributed by atoms with Gasteiger partial charge in [-0.15, -0.1) is 0 Å². The van der Waals surface area contributed by atoms with E-state index in [-0.39, 0.29) is 18.0 Å². The monoisotopic (exact) mass is 397 g/mol. The number of nitrogens with zero attached hydrogens (tertiary/aromatic N) is 3. The lowest BCUT2D eigenvalue weighted by molar-refractivity contribution is 0.0947. The second kappa shape index (κ2) is 10.4. The van der Waals surface area contributed by atoms with Crippen molar-refractivity contribution in [3.8, 4) is 0 Å². The fraction of sp³-hybridized carbons (Fsp3) is 0.429. The molecular formula is C21H27N5O3. The maximum atomic E-state index is 12.2. The number of amides is 2. The Hall–Kier alpha value is -3.16. The molecule has 1 saturated heterocycles. The normalized spacial score (nSPS) is 14.3. The maximum absolute atomic E-state index is 12.2. The van der Waals surface area contributed by atoms with Crippen LogP contribution in [0.1, 0.15) is 35.8 Å². The van der Waals surface area contributed by atoms with E-state index in [4.69, 9.17) is 4.74 Å². The summed E-state index contributed by atoms with van der Waals surface area (Å²) < 4.78 is 5.03. The first kappa shape index (κ1) is 20.6. The molecule has 29 heavy (non-hydrogen) atoms. The van der Waals surface area contributed by atoms with Crippen molar-refractivity contribution in [1.29, 1.82) is 0 Å². The van der Waals surface area contributed by atoms with Crippen molar-refractivity contribution in [2.45, 2.75) is 32.2 Å². The third-order valence-corrected chi connectivity index (χ3v) is 4.80. The molecule has 154 valence electrons. The van der Waals surface area contributed by atoms with Gasteiger partial charge in [-0.3, -0.25) is 4.79 Å². The summed E-state index contributed by atoms with van der Waals surface area (Å²) in [6, 6.07) is 10.2. The second-order valence-corrected chi connectivity index (χ2v) is 6.88. The summed E-state index contributed by atoms with van der Waals surface area (Å²) in [5, 5.41) is 6.18. The summed E-state index contributed by atoms with van der Waals surface area (Å²) in [5.41, 5.74) is 1.47. The molecule has 8 nitrogen and oxygen atoms in total. The maximum Gasteiger partial charge on any atom is 0.409 e. The van der Waals surface area contributed by atoms with E-state index >= 15 is 0 Å². The number of aromatic nitrogens is 2. The van der Waals surface area contributed by atoms with Crippen molar-refractivity contribution >= 4 is 17.8 Å². The number of rotatable bonds is 7. The molecule has 0 unspecified atom stereocenters. The molecule has 0 bridgehead atoms. The SMILES string of the molecule is CCOC(=O)N1CCC(Nc2cnc(C(=O)NCCc3ccccc3)cn2)CC1. The van der Waals surface area contributed by atoms with Gasteiger partial charge in [-0.1, -0.05) is 30.3 Å². The zero-order valence-electron chi connectivity index (χ0n) is 16.6. The Morgan fingerprint density at radius 2 is 1.90 bits per heavy atom. The number of carbonyl (C=O) groups is 2. The average molecular weight is 397 g/mol. The predicted octanol–water partition coefficient (Wildman–Crippen LogP) is 2.48. The minimum atomic E-state index is -0.256. The molecule has 8 heteroatoms. The molecule has 1 aliphatic rings. The molecule has 0 aliphatic carbocycles. The lowest BCUT2D eigenvalue weighted by atomic mass is 10.1. The first-order chi connectivity index (χ1) is 14.2. The van der Waals surface area contributed by atoms with E-state index in [2.05, 4.69) is 20.6 Å². The van der Waals surface area contributed by atoms with Crippen molar-refractivity contribution < 1.29 is 14.3 Å². The van der Waals surface area contributed by atoms with Gasteiger partial charge in [0.25, 0.3) is 5.91 Å². The van der Waals surface area contributed by atoms with Crippen LogP contribution in [0.4, 0.5) is 10.6 Å². The summed E-state index contributed by atoms with van der Waals surface area (Å²) in [6.45, 7) is 4.03. The smallest absolute Gasteiger partial charge is 0.409 e. The molecule has 2 aromatic rings. The molecule has 0 atom stereocenters. The standard InChI is InChI=1S/C21H27N5O3/c1-2-29-21(28)26-12-9-17(10-13-26)25-19-15-23-18(14-24-19)20(27)22-11-8-16-6-4-3-5-7-16/h3-7,14-15,17H,2,8-13H2,1H3,(H,22,27)(H,24,25). The molecule has 3 rings (SSSR count).